The Morgan fingerprint density at radius 3 is 2.67 bits per heavy atom. The summed E-state index contributed by atoms with van der Waals surface area (Å²) in [7, 11) is 0. The average Bonchev–Trinajstić information content (AvgIpc) is 2.78. The standard InChI is InChI=1S/C17H30BrN3/c1-5-8-21-16(15(18)11-20-21)14-9-13(17(2,3)4)7-6-12(14)10-19/h11-14H,5-10,19H2,1-4H3. The number of rotatable bonds is 4. The third-order valence-corrected chi connectivity index (χ3v) is 5.75. The Bertz CT molecular complexity index is 461. The molecule has 0 amide bonds. The molecule has 0 aromatic carbocycles. The normalized spacial score (nSPS) is 27.0. The zero-order valence-electron chi connectivity index (χ0n) is 13.9. The molecule has 4 heteroatoms. The molecule has 1 fully saturated rings. The SMILES string of the molecule is CCCn1ncc(Br)c1C1CC(C(C)(C)C)CCC1CN. The molecule has 21 heavy (non-hydrogen) atoms. The van der Waals surface area contributed by atoms with E-state index < -0.39 is 0 Å². The highest BCUT2D eigenvalue weighted by molar-refractivity contribution is 9.10. The van der Waals surface area contributed by atoms with Gasteiger partial charge in [-0.05, 0) is 65.4 Å². The minimum absolute atomic E-state index is 0.375. The van der Waals surface area contributed by atoms with Crippen molar-refractivity contribution < 1.29 is 0 Å². The van der Waals surface area contributed by atoms with Gasteiger partial charge in [0.25, 0.3) is 0 Å². The van der Waals surface area contributed by atoms with E-state index in [4.69, 9.17) is 5.73 Å². The molecule has 1 aromatic heterocycles. The van der Waals surface area contributed by atoms with Gasteiger partial charge in [0.1, 0.15) is 0 Å². The van der Waals surface area contributed by atoms with Gasteiger partial charge in [-0.1, -0.05) is 27.7 Å². The van der Waals surface area contributed by atoms with Crippen LogP contribution in [0.5, 0.6) is 0 Å². The summed E-state index contributed by atoms with van der Waals surface area (Å²) in [5, 5.41) is 4.57. The Morgan fingerprint density at radius 1 is 1.38 bits per heavy atom. The second-order valence-corrected chi connectivity index (χ2v) is 8.43. The van der Waals surface area contributed by atoms with Gasteiger partial charge in [-0.3, -0.25) is 4.68 Å². The van der Waals surface area contributed by atoms with E-state index in [0.717, 1.165) is 29.9 Å². The lowest BCUT2D eigenvalue weighted by Gasteiger charge is -2.42. The first kappa shape index (κ1) is 17.0. The summed E-state index contributed by atoms with van der Waals surface area (Å²) >= 11 is 3.73. The van der Waals surface area contributed by atoms with E-state index in [1.54, 1.807) is 0 Å². The average molecular weight is 356 g/mol. The zero-order valence-corrected chi connectivity index (χ0v) is 15.5. The largest absolute Gasteiger partial charge is 0.330 e. The summed E-state index contributed by atoms with van der Waals surface area (Å²) in [6, 6.07) is 0. The first-order valence-electron chi connectivity index (χ1n) is 8.29. The molecule has 0 radical (unpaired) electrons. The molecule has 0 aliphatic heterocycles. The van der Waals surface area contributed by atoms with E-state index in [2.05, 4.69) is 53.4 Å². The van der Waals surface area contributed by atoms with E-state index in [1.165, 1.54) is 25.0 Å². The minimum atomic E-state index is 0.375. The molecule has 1 aliphatic carbocycles. The number of nitrogens with zero attached hydrogens (tertiary/aromatic N) is 2. The van der Waals surface area contributed by atoms with E-state index in [-0.39, 0.29) is 0 Å². The summed E-state index contributed by atoms with van der Waals surface area (Å²) in [4.78, 5) is 0. The Balaban J connectivity index is 2.31. The van der Waals surface area contributed by atoms with Crippen molar-refractivity contribution in [2.45, 2.75) is 65.8 Å². The van der Waals surface area contributed by atoms with Crippen molar-refractivity contribution in [2.75, 3.05) is 6.54 Å². The van der Waals surface area contributed by atoms with E-state index in [0.29, 0.717) is 17.3 Å². The van der Waals surface area contributed by atoms with Gasteiger partial charge in [0.2, 0.25) is 0 Å². The van der Waals surface area contributed by atoms with Crippen LogP contribution in [0.2, 0.25) is 0 Å². The summed E-state index contributed by atoms with van der Waals surface area (Å²) in [6.07, 6.45) is 6.86. The summed E-state index contributed by atoms with van der Waals surface area (Å²) in [5.74, 6) is 1.89. The maximum absolute atomic E-state index is 6.08. The fourth-order valence-electron chi connectivity index (χ4n) is 3.77. The van der Waals surface area contributed by atoms with Crippen molar-refractivity contribution in [2.24, 2.45) is 23.0 Å². The Kier molecular flexibility index (Phi) is 5.53. The molecule has 2 rings (SSSR count). The lowest BCUT2D eigenvalue weighted by Crippen LogP contribution is -2.35. The molecule has 2 N–H and O–H groups in total. The second kappa shape index (κ2) is 6.82. The summed E-state index contributed by atoms with van der Waals surface area (Å²) < 4.78 is 3.36. The molecule has 1 aromatic rings. The van der Waals surface area contributed by atoms with Gasteiger partial charge in [0.15, 0.2) is 0 Å². The number of hydrogen-bond acceptors (Lipinski definition) is 2. The lowest BCUT2D eigenvalue weighted by molar-refractivity contribution is 0.129. The number of halogens is 1. The van der Waals surface area contributed by atoms with Gasteiger partial charge in [-0.15, -0.1) is 0 Å². The molecule has 0 bridgehead atoms. The molecule has 1 heterocycles. The quantitative estimate of drug-likeness (QED) is 0.859. The van der Waals surface area contributed by atoms with Crippen LogP contribution < -0.4 is 5.73 Å². The maximum atomic E-state index is 6.08. The molecule has 3 unspecified atom stereocenters. The van der Waals surface area contributed by atoms with Crippen molar-refractivity contribution in [3.05, 3.63) is 16.4 Å². The van der Waals surface area contributed by atoms with Crippen LogP contribution in [-0.2, 0) is 6.54 Å². The topological polar surface area (TPSA) is 43.8 Å². The van der Waals surface area contributed by atoms with Gasteiger partial charge >= 0.3 is 0 Å². The highest BCUT2D eigenvalue weighted by atomic mass is 79.9. The Morgan fingerprint density at radius 2 is 2.10 bits per heavy atom. The highest BCUT2D eigenvalue weighted by Gasteiger charge is 2.38. The predicted octanol–water partition coefficient (Wildman–Crippen LogP) is 4.56. The lowest BCUT2D eigenvalue weighted by atomic mass is 9.65. The molecule has 0 spiro atoms. The monoisotopic (exact) mass is 355 g/mol. The molecule has 3 atom stereocenters. The first-order valence-corrected chi connectivity index (χ1v) is 9.09. The van der Waals surface area contributed by atoms with Crippen molar-refractivity contribution in [3.63, 3.8) is 0 Å². The van der Waals surface area contributed by atoms with Crippen LogP contribution in [0.25, 0.3) is 0 Å². The third kappa shape index (κ3) is 3.70. The molecular formula is C17H30BrN3. The second-order valence-electron chi connectivity index (χ2n) is 7.58. The minimum Gasteiger partial charge on any atom is -0.330 e. The highest BCUT2D eigenvalue weighted by Crippen LogP contribution is 2.47. The maximum Gasteiger partial charge on any atom is 0.0635 e. The molecular weight excluding hydrogens is 326 g/mol. The van der Waals surface area contributed by atoms with E-state index in [9.17, 15) is 0 Å². The van der Waals surface area contributed by atoms with E-state index >= 15 is 0 Å². The number of aryl methyl sites for hydroxylation is 1. The van der Waals surface area contributed by atoms with Crippen LogP contribution in [-0.4, -0.2) is 16.3 Å². The number of aromatic nitrogens is 2. The van der Waals surface area contributed by atoms with Crippen LogP contribution >= 0.6 is 15.9 Å². The Hall–Kier alpha value is -0.350. The zero-order chi connectivity index (χ0) is 15.6. The van der Waals surface area contributed by atoms with Crippen LogP contribution in [0, 0.1) is 17.3 Å². The van der Waals surface area contributed by atoms with Crippen molar-refractivity contribution in [1.82, 2.24) is 9.78 Å². The van der Waals surface area contributed by atoms with Gasteiger partial charge in [-0.25, -0.2) is 0 Å². The van der Waals surface area contributed by atoms with Gasteiger partial charge in [0, 0.05) is 12.5 Å². The third-order valence-electron chi connectivity index (χ3n) is 5.14. The summed E-state index contributed by atoms with van der Waals surface area (Å²) in [5.41, 5.74) is 7.83. The molecule has 120 valence electrons. The smallest absolute Gasteiger partial charge is 0.0635 e. The van der Waals surface area contributed by atoms with Crippen LogP contribution in [0.3, 0.4) is 0 Å². The molecule has 1 aliphatic rings. The molecule has 3 nitrogen and oxygen atoms in total. The fraction of sp³-hybridized carbons (Fsp3) is 0.824. The summed E-state index contributed by atoms with van der Waals surface area (Å²) in [6.45, 7) is 11.1. The number of nitrogens with two attached hydrogens (primary N) is 1. The van der Waals surface area contributed by atoms with Gasteiger partial charge < -0.3 is 5.73 Å². The fourth-order valence-corrected chi connectivity index (χ4v) is 4.36. The number of hydrogen-bond donors (Lipinski definition) is 1. The van der Waals surface area contributed by atoms with Crippen molar-refractivity contribution >= 4 is 15.9 Å². The van der Waals surface area contributed by atoms with Crippen LogP contribution in [0.1, 0.15) is 65.0 Å². The van der Waals surface area contributed by atoms with Crippen molar-refractivity contribution in [3.8, 4) is 0 Å². The van der Waals surface area contributed by atoms with E-state index in [1.807, 2.05) is 6.20 Å². The van der Waals surface area contributed by atoms with Gasteiger partial charge in [-0.2, -0.15) is 5.10 Å². The van der Waals surface area contributed by atoms with Crippen LogP contribution in [0.15, 0.2) is 10.7 Å². The molecule has 0 saturated heterocycles. The Labute approximate surface area is 137 Å². The van der Waals surface area contributed by atoms with Gasteiger partial charge in [0.05, 0.1) is 16.4 Å². The molecule has 1 saturated carbocycles. The van der Waals surface area contributed by atoms with Crippen LogP contribution in [0.4, 0.5) is 0 Å². The predicted molar refractivity (Wildman–Crippen MR) is 92.3 cm³/mol. The van der Waals surface area contributed by atoms with Crippen molar-refractivity contribution in [1.29, 1.82) is 0 Å². The first-order chi connectivity index (χ1) is 9.88.